The first-order valence-electron chi connectivity index (χ1n) is 7.27. The standard InChI is InChI=1S/C15H26N2S/c1-3-9-16-12-13-7-4-5-10-17(2)15(13)14-8-6-11-18-14/h6,8,11,13,15-16H,3-5,7,9-10,12H2,1-2H3. The number of hydrogen-bond acceptors (Lipinski definition) is 3. The maximum absolute atomic E-state index is 3.62. The molecule has 3 heteroatoms. The minimum atomic E-state index is 0.622. The fourth-order valence-electron chi connectivity index (χ4n) is 3.01. The SMILES string of the molecule is CCCNCC1CCCCN(C)C1c1cccs1. The summed E-state index contributed by atoms with van der Waals surface area (Å²) in [6.45, 7) is 5.80. The Kier molecular flexibility index (Phi) is 5.67. The van der Waals surface area contributed by atoms with E-state index in [2.05, 4.69) is 41.7 Å². The summed E-state index contributed by atoms with van der Waals surface area (Å²) in [6, 6.07) is 5.12. The van der Waals surface area contributed by atoms with Crippen molar-refractivity contribution in [3.05, 3.63) is 22.4 Å². The van der Waals surface area contributed by atoms with Crippen molar-refractivity contribution in [2.24, 2.45) is 5.92 Å². The number of thiophene rings is 1. The third-order valence-electron chi connectivity index (χ3n) is 3.93. The van der Waals surface area contributed by atoms with E-state index in [-0.39, 0.29) is 0 Å². The Balaban J connectivity index is 2.06. The summed E-state index contributed by atoms with van der Waals surface area (Å²) in [7, 11) is 2.29. The summed E-state index contributed by atoms with van der Waals surface area (Å²) in [6.07, 6.45) is 5.32. The lowest BCUT2D eigenvalue weighted by Gasteiger charge is -2.32. The van der Waals surface area contributed by atoms with Gasteiger partial charge < -0.3 is 5.32 Å². The Morgan fingerprint density at radius 3 is 3.06 bits per heavy atom. The van der Waals surface area contributed by atoms with Crippen LogP contribution in [0.5, 0.6) is 0 Å². The molecule has 2 nitrogen and oxygen atoms in total. The van der Waals surface area contributed by atoms with Gasteiger partial charge in [0.25, 0.3) is 0 Å². The molecule has 2 rings (SSSR count). The van der Waals surface area contributed by atoms with Crippen LogP contribution in [0, 0.1) is 5.92 Å². The van der Waals surface area contributed by atoms with E-state index in [4.69, 9.17) is 0 Å². The molecule has 1 saturated heterocycles. The lowest BCUT2D eigenvalue weighted by Crippen LogP contribution is -2.34. The van der Waals surface area contributed by atoms with Gasteiger partial charge >= 0.3 is 0 Å². The van der Waals surface area contributed by atoms with E-state index >= 15 is 0 Å². The summed E-state index contributed by atoms with van der Waals surface area (Å²) in [4.78, 5) is 4.11. The van der Waals surface area contributed by atoms with E-state index in [9.17, 15) is 0 Å². The predicted octanol–water partition coefficient (Wildman–Crippen LogP) is 3.52. The lowest BCUT2D eigenvalue weighted by atomic mass is 9.93. The van der Waals surface area contributed by atoms with Gasteiger partial charge in [0, 0.05) is 10.9 Å². The average molecular weight is 266 g/mol. The van der Waals surface area contributed by atoms with Crippen molar-refractivity contribution in [1.29, 1.82) is 0 Å². The molecule has 0 spiro atoms. The van der Waals surface area contributed by atoms with E-state index in [0.29, 0.717) is 6.04 Å². The van der Waals surface area contributed by atoms with Crippen LogP contribution in [0.3, 0.4) is 0 Å². The molecule has 2 heterocycles. The zero-order chi connectivity index (χ0) is 12.8. The van der Waals surface area contributed by atoms with Gasteiger partial charge in [-0.25, -0.2) is 0 Å². The van der Waals surface area contributed by atoms with Crippen LogP contribution in [0.25, 0.3) is 0 Å². The van der Waals surface area contributed by atoms with Gasteiger partial charge in [0.1, 0.15) is 0 Å². The Hall–Kier alpha value is -0.380. The fraction of sp³-hybridized carbons (Fsp3) is 0.733. The topological polar surface area (TPSA) is 15.3 Å². The molecule has 0 amide bonds. The van der Waals surface area contributed by atoms with Crippen molar-refractivity contribution in [1.82, 2.24) is 10.2 Å². The molecule has 1 aliphatic heterocycles. The molecular formula is C15H26N2S. The van der Waals surface area contributed by atoms with Crippen LogP contribution < -0.4 is 5.32 Å². The number of nitrogens with zero attached hydrogens (tertiary/aromatic N) is 1. The molecule has 2 unspecified atom stereocenters. The average Bonchev–Trinajstić information content (AvgIpc) is 2.82. The molecule has 1 aromatic heterocycles. The Labute approximate surface area is 115 Å². The Morgan fingerprint density at radius 2 is 2.33 bits per heavy atom. The van der Waals surface area contributed by atoms with Crippen LogP contribution in [0.4, 0.5) is 0 Å². The molecule has 0 aliphatic carbocycles. The predicted molar refractivity (Wildman–Crippen MR) is 80.2 cm³/mol. The maximum Gasteiger partial charge on any atom is 0.0478 e. The van der Waals surface area contributed by atoms with Gasteiger partial charge in [-0.15, -0.1) is 11.3 Å². The first kappa shape index (κ1) is 14.0. The first-order valence-corrected chi connectivity index (χ1v) is 8.15. The van der Waals surface area contributed by atoms with E-state index in [1.165, 1.54) is 38.8 Å². The third-order valence-corrected chi connectivity index (χ3v) is 4.87. The van der Waals surface area contributed by atoms with E-state index in [0.717, 1.165) is 12.5 Å². The summed E-state index contributed by atoms with van der Waals surface area (Å²) < 4.78 is 0. The highest BCUT2D eigenvalue weighted by Crippen LogP contribution is 2.35. The first-order chi connectivity index (χ1) is 8.83. The molecule has 1 aromatic rings. The lowest BCUT2D eigenvalue weighted by molar-refractivity contribution is 0.192. The fourth-order valence-corrected chi connectivity index (χ4v) is 3.99. The van der Waals surface area contributed by atoms with Gasteiger partial charge in [0.05, 0.1) is 0 Å². The minimum absolute atomic E-state index is 0.622. The van der Waals surface area contributed by atoms with Crippen molar-refractivity contribution < 1.29 is 0 Å². The Morgan fingerprint density at radius 1 is 1.44 bits per heavy atom. The monoisotopic (exact) mass is 266 g/mol. The second kappa shape index (κ2) is 7.27. The molecule has 0 radical (unpaired) electrons. The quantitative estimate of drug-likeness (QED) is 0.820. The number of likely N-dealkylation sites (tertiary alicyclic amines) is 1. The van der Waals surface area contributed by atoms with Crippen molar-refractivity contribution >= 4 is 11.3 Å². The Bertz CT molecular complexity index is 323. The zero-order valence-corrected chi connectivity index (χ0v) is 12.5. The summed E-state index contributed by atoms with van der Waals surface area (Å²) in [5.74, 6) is 0.766. The van der Waals surface area contributed by atoms with Gasteiger partial charge in [-0.05, 0) is 63.3 Å². The van der Waals surface area contributed by atoms with Gasteiger partial charge in [-0.3, -0.25) is 4.90 Å². The molecule has 102 valence electrons. The highest BCUT2D eigenvalue weighted by atomic mass is 32.1. The van der Waals surface area contributed by atoms with Crippen molar-refractivity contribution in [2.45, 2.75) is 38.6 Å². The molecule has 1 N–H and O–H groups in total. The van der Waals surface area contributed by atoms with E-state index in [1.807, 2.05) is 11.3 Å². The van der Waals surface area contributed by atoms with Crippen LogP contribution >= 0.6 is 11.3 Å². The van der Waals surface area contributed by atoms with E-state index < -0.39 is 0 Å². The summed E-state index contributed by atoms with van der Waals surface area (Å²) in [5.41, 5.74) is 0. The summed E-state index contributed by atoms with van der Waals surface area (Å²) in [5, 5.41) is 5.84. The van der Waals surface area contributed by atoms with Crippen molar-refractivity contribution in [3.8, 4) is 0 Å². The normalized spacial score (nSPS) is 26.1. The van der Waals surface area contributed by atoms with Gasteiger partial charge in [-0.1, -0.05) is 19.4 Å². The van der Waals surface area contributed by atoms with Crippen LogP contribution in [0.1, 0.15) is 43.5 Å². The van der Waals surface area contributed by atoms with Gasteiger partial charge in [-0.2, -0.15) is 0 Å². The molecule has 0 saturated carbocycles. The highest BCUT2D eigenvalue weighted by molar-refractivity contribution is 7.10. The molecule has 18 heavy (non-hydrogen) atoms. The zero-order valence-electron chi connectivity index (χ0n) is 11.7. The summed E-state index contributed by atoms with van der Waals surface area (Å²) >= 11 is 1.92. The van der Waals surface area contributed by atoms with Crippen LogP contribution in [-0.2, 0) is 0 Å². The van der Waals surface area contributed by atoms with Crippen LogP contribution in [-0.4, -0.2) is 31.6 Å². The van der Waals surface area contributed by atoms with Crippen LogP contribution in [0.15, 0.2) is 17.5 Å². The van der Waals surface area contributed by atoms with Crippen molar-refractivity contribution in [3.63, 3.8) is 0 Å². The largest absolute Gasteiger partial charge is 0.316 e. The molecule has 2 atom stereocenters. The molecule has 1 aliphatic rings. The second-order valence-corrected chi connectivity index (χ2v) is 6.38. The van der Waals surface area contributed by atoms with E-state index in [1.54, 1.807) is 4.88 Å². The minimum Gasteiger partial charge on any atom is -0.316 e. The third kappa shape index (κ3) is 3.56. The molecule has 1 fully saturated rings. The second-order valence-electron chi connectivity index (χ2n) is 5.40. The van der Waals surface area contributed by atoms with Gasteiger partial charge in [0.2, 0.25) is 0 Å². The molecule has 0 bridgehead atoms. The molecular weight excluding hydrogens is 240 g/mol. The smallest absolute Gasteiger partial charge is 0.0478 e. The number of nitrogens with one attached hydrogen (secondary N) is 1. The number of rotatable bonds is 5. The number of hydrogen-bond donors (Lipinski definition) is 1. The van der Waals surface area contributed by atoms with Crippen molar-refractivity contribution in [2.75, 3.05) is 26.7 Å². The highest BCUT2D eigenvalue weighted by Gasteiger charge is 2.29. The maximum atomic E-state index is 3.62. The molecule has 0 aromatic carbocycles. The van der Waals surface area contributed by atoms with Crippen LogP contribution in [0.2, 0.25) is 0 Å². The van der Waals surface area contributed by atoms with Gasteiger partial charge in [0.15, 0.2) is 0 Å².